The van der Waals surface area contributed by atoms with Crippen molar-refractivity contribution in [3.8, 4) is 5.75 Å². The SMILES string of the molecule is CCOCn1c(I)c(I)c2ccc(OCc3ccccc3)cc21. The number of fused-ring (bicyclic) bond motifs is 1. The van der Waals surface area contributed by atoms with Crippen LogP contribution in [0.4, 0.5) is 0 Å². The molecule has 23 heavy (non-hydrogen) atoms. The van der Waals surface area contributed by atoms with Crippen LogP contribution in [0.1, 0.15) is 12.5 Å². The number of halogens is 2. The molecule has 0 radical (unpaired) electrons. The molecule has 0 spiro atoms. The molecule has 0 saturated heterocycles. The van der Waals surface area contributed by atoms with Crippen molar-refractivity contribution in [1.29, 1.82) is 0 Å². The second kappa shape index (κ2) is 7.85. The van der Waals surface area contributed by atoms with Crippen molar-refractivity contribution < 1.29 is 9.47 Å². The van der Waals surface area contributed by atoms with E-state index in [1.807, 2.05) is 31.2 Å². The minimum Gasteiger partial charge on any atom is -0.489 e. The van der Waals surface area contributed by atoms with Crippen molar-refractivity contribution in [1.82, 2.24) is 4.57 Å². The molecule has 0 aliphatic rings. The molecule has 0 unspecified atom stereocenters. The lowest BCUT2D eigenvalue weighted by Crippen LogP contribution is -2.04. The van der Waals surface area contributed by atoms with Gasteiger partial charge in [0.2, 0.25) is 0 Å². The van der Waals surface area contributed by atoms with Crippen LogP contribution < -0.4 is 4.74 Å². The Labute approximate surface area is 163 Å². The van der Waals surface area contributed by atoms with Gasteiger partial charge in [-0.25, -0.2) is 0 Å². The van der Waals surface area contributed by atoms with Crippen LogP contribution in [0.25, 0.3) is 10.9 Å². The highest BCUT2D eigenvalue weighted by Gasteiger charge is 2.14. The summed E-state index contributed by atoms with van der Waals surface area (Å²) >= 11 is 4.77. The molecule has 0 saturated carbocycles. The number of benzene rings is 2. The number of hydrogen-bond acceptors (Lipinski definition) is 2. The maximum Gasteiger partial charge on any atom is 0.123 e. The van der Waals surface area contributed by atoms with Gasteiger partial charge in [0.05, 0.1) is 12.8 Å². The fourth-order valence-electron chi connectivity index (χ4n) is 2.40. The van der Waals surface area contributed by atoms with Crippen LogP contribution in [0.2, 0.25) is 0 Å². The number of hydrogen-bond donors (Lipinski definition) is 0. The monoisotopic (exact) mass is 533 g/mol. The standard InChI is InChI=1S/C18H17I2NO2/c1-2-22-12-21-16-10-14(8-9-15(16)17(19)18(21)20)23-11-13-6-4-3-5-7-13/h3-10H,2,11-12H2,1H3. The lowest BCUT2D eigenvalue weighted by Gasteiger charge is -2.09. The van der Waals surface area contributed by atoms with E-state index in [-0.39, 0.29) is 0 Å². The number of rotatable bonds is 6. The highest BCUT2D eigenvalue weighted by Crippen LogP contribution is 2.31. The van der Waals surface area contributed by atoms with Crippen molar-refractivity contribution in [2.24, 2.45) is 0 Å². The maximum atomic E-state index is 5.95. The fourth-order valence-corrected chi connectivity index (χ4v) is 3.83. The van der Waals surface area contributed by atoms with Gasteiger partial charge in [0.1, 0.15) is 19.1 Å². The van der Waals surface area contributed by atoms with Gasteiger partial charge in [-0.2, -0.15) is 0 Å². The van der Waals surface area contributed by atoms with Gasteiger partial charge in [-0.1, -0.05) is 30.3 Å². The first-order chi connectivity index (χ1) is 11.2. The Morgan fingerprint density at radius 2 is 1.83 bits per heavy atom. The van der Waals surface area contributed by atoms with E-state index in [2.05, 4.69) is 74.0 Å². The van der Waals surface area contributed by atoms with Crippen LogP contribution in [0.15, 0.2) is 48.5 Å². The predicted octanol–water partition coefficient (Wildman–Crippen LogP) is 5.42. The van der Waals surface area contributed by atoms with Gasteiger partial charge in [0.25, 0.3) is 0 Å². The van der Waals surface area contributed by atoms with Crippen molar-refractivity contribution in [3.63, 3.8) is 0 Å². The zero-order valence-corrected chi connectivity index (χ0v) is 17.1. The summed E-state index contributed by atoms with van der Waals surface area (Å²) in [7, 11) is 0. The Hall–Kier alpha value is -0.800. The van der Waals surface area contributed by atoms with E-state index in [4.69, 9.17) is 9.47 Å². The van der Waals surface area contributed by atoms with Gasteiger partial charge in [0, 0.05) is 18.1 Å². The van der Waals surface area contributed by atoms with Crippen LogP contribution >= 0.6 is 45.2 Å². The maximum absolute atomic E-state index is 5.95. The zero-order valence-electron chi connectivity index (χ0n) is 12.8. The third kappa shape index (κ3) is 3.83. The summed E-state index contributed by atoms with van der Waals surface area (Å²) in [6, 6.07) is 16.5. The van der Waals surface area contributed by atoms with Gasteiger partial charge in [-0.15, -0.1) is 0 Å². The largest absolute Gasteiger partial charge is 0.489 e. The molecular weight excluding hydrogens is 516 g/mol. The lowest BCUT2D eigenvalue weighted by atomic mass is 10.2. The molecule has 3 nitrogen and oxygen atoms in total. The topological polar surface area (TPSA) is 23.4 Å². The van der Waals surface area contributed by atoms with Crippen molar-refractivity contribution >= 4 is 56.1 Å². The molecule has 3 rings (SSSR count). The lowest BCUT2D eigenvalue weighted by molar-refractivity contribution is 0.0892. The van der Waals surface area contributed by atoms with Crippen LogP contribution in [0, 0.1) is 7.27 Å². The molecule has 0 aliphatic carbocycles. The molecule has 0 fully saturated rings. The molecular formula is C18H17I2NO2. The Morgan fingerprint density at radius 1 is 1.04 bits per heavy atom. The first-order valence-electron chi connectivity index (χ1n) is 7.42. The molecule has 0 amide bonds. The van der Waals surface area contributed by atoms with Gasteiger partial charge in [-0.05, 0) is 69.8 Å². The molecule has 3 aromatic rings. The van der Waals surface area contributed by atoms with Gasteiger partial charge in [0.15, 0.2) is 0 Å². The van der Waals surface area contributed by atoms with Gasteiger partial charge < -0.3 is 14.0 Å². The van der Waals surface area contributed by atoms with E-state index < -0.39 is 0 Å². The van der Waals surface area contributed by atoms with E-state index in [0.717, 1.165) is 11.3 Å². The zero-order chi connectivity index (χ0) is 16.2. The smallest absolute Gasteiger partial charge is 0.123 e. The highest BCUT2D eigenvalue weighted by atomic mass is 127. The molecule has 1 heterocycles. The van der Waals surface area contributed by atoms with Crippen LogP contribution in [-0.2, 0) is 18.1 Å². The minimum absolute atomic E-state index is 0.566. The summed E-state index contributed by atoms with van der Waals surface area (Å²) < 4.78 is 16.2. The quantitative estimate of drug-likeness (QED) is 0.396. The number of ether oxygens (including phenoxy) is 2. The summed E-state index contributed by atoms with van der Waals surface area (Å²) in [5, 5.41) is 1.24. The summed E-state index contributed by atoms with van der Waals surface area (Å²) in [4.78, 5) is 0. The van der Waals surface area contributed by atoms with E-state index in [9.17, 15) is 0 Å². The molecule has 0 N–H and O–H groups in total. The molecule has 5 heteroatoms. The molecule has 0 atom stereocenters. The second-order valence-corrected chi connectivity index (χ2v) is 7.21. The van der Waals surface area contributed by atoms with Crippen LogP contribution in [-0.4, -0.2) is 11.2 Å². The third-order valence-electron chi connectivity index (χ3n) is 3.59. The molecule has 120 valence electrons. The number of nitrogens with zero attached hydrogens (tertiary/aromatic N) is 1. The average Bonchev–Trinajstić information content (AvgIpc) is 2.83. The third-order valence-corrected chi connectivity index (χ3v) is 6.83. The molecule has 1 aromatic heterocycles. The summed E-state index contributed by atoms with van der Waals surface area (Å²) in [5.74, 6) is 0.879. The minimum atomic E-state index is 0.566. The normalized spacial score (nSPS) is 11.1. The number of aromatic nitrogens is 1. The van der Waals surface area contributed by atoms with E-state index in [1.54, 1.807) is 0 Å². The Morgan fingerprint density at radius 3 is 2.57 bits per heavy atom. The van der Waals surface area contributed by atoms with E-state index >= 15 is 0 Å². The average molecular weight is 533 g/mol. The van der Waals surface area contributed by atoms with Gasteiger partial charge in [-0.3, -0.25) is 0 Å². The molecule has 2 aromatic carbocycles. The first kappa shape index (κ1) is 17.0. The van der Waals surface area contributed by atoms with Gasteiger partial charge >= 0.3 is 0 Å². The predicted molar refractivity (Wildman–Crippen MR) is 110 cm³/mol. The Bertz CT molecular complexity index is 800. The summed E-state index contributed by atoms with van der Waals surface area (Å²) in [5.41, 5.74) is 2.32. The van der Waals surface area contributed by atoms with Crippen molar-refractivity contribution in [2.45, 2.75) is 20.3 Å². The van der Waals surface area contributed by atoms with E-state index in [0.29, 0.717) is 19.9 Å². The van der Waals surface area contributed by atoms with Crippen LogP contribution in [0.3, 0.4) is 0 Å². The molecule has 0 aliphatic heterocycles. The summed E-state index contributed by atoms with van der Waals surface area (Å²) in [6.07, 6.45) is 0. The molecule has 0 bridgehead atoms. The fraction of sp³-hybridized carbons (Fsp3) is 0.222. The Kier molecular flexibility index (Phi) is 5.81. The van der Waals surface area contributed by atoms with Crippen LogP contribution in [0.5, 0.6) is 5.75 Å². The van der Waals surface area contributed by atoms with Crippen molar-refractivity contribution in [2.75, 3.05) is 6.61 Å². The highest BCUT2D eigenvalue weighted by molar-refractivity contribution is 14.1. The summed E-state index contributed by atoms with van der Waals surface area (Å²) in [6.45, 7) is 3.86. The van der Waals surface area contributed by atoms with Crippen molar-refractivity contribution in [3.05, 3.63) is 61.4 Å². The Balaban J connectivity index is 1.88. The second-order valence-electron chi connectivity index (χ2n) is 5.11. The first-order valence-corrected chi connectivity index (χ1v) is 9.58. The van der Waals surface area contributed by atoms with E-state index in [1.165, 1.54) is 18.2 Å².